The number of hydrogen-bond acceptors (Lipinski definition) is 3. The van der Waals surface area contributed by atoms with Gasteiger partial charge in [-0.1, -0.05) is 36.4 Å². The van der Waals surface area contributed by atoms with E-state index in [1.54, 1.807) is 12.4 Å². The summed E-state index contributed by atoms with van der Waals surface area (Å²) in [5, 5.41) is 2.95. The molecule has 3 rings (SSSR count). The van der Waals surface area contributed by atoms with Crippen LogP contribution in [-0.4, -0.2) is 41.7 Å². The van der Waals surface area contributed by atoms with Crippen molar-refractivity contribution in [3.05, 3.63) is 66.0 Å². The zero-order valence-corrected chi connectivity index (χ0v) is 13.7. The van der Waals surface area contributed by atoms with Gasteiger partial charge in [0.25, 0.3) is 0 Å². The monoisotopic (exact) mass is 325 g/mol. The van der Waals surface area contributed by atoms with Crippen LogP contribution in [0.4, 0.5) is 4.79 Å². The lowest BCUT2D eigenvalue weighted by Crippen LogP contribution is -2.49. The van der Waals surface area contributed by atoms with Crippen molar-refractivity contribution in [1.29, 1.82) is 0 Å². The van der Waals surface area contributed by atoms with Gasteiger partial charge < -0.3 is 15.0 Å². The average molecular weight is 325 g/mol. The average Bonchev–Trinajstić information content (AvgIpc) is 2.66. The molecule has 1 aromatic carbocycles. The first kappa shape index (κ1) is 16.5. The quantitative estimate of drug-likeness (QED) is 0.919. The smallest absolute Gasteiger partial charge is 0.317 e. The number of nitrogens with zero attached hydrogens (tertiary/aromatic N) is 2. The van der Waals surface area contributed by atoms with E-state index in [0.29, 0.717) is 26.2 Å². The minimum Gasteiger partial charge on any atom is -0.375 e. The van der Waals surface area contributed by atoms with E-state index in [4.69, 9.17) is 4.74 Å². The number of aryl methyl sites for hydroxylation is 1. The van der Waals surface area contributed by atoms with Crippen LogP contribution in [0.15, 0.2) is 54.9 Å². The fourth-order valence-electron chi connectivity index (χ4n) is 2.84. The molecule has 0 saturated carbocycles. The van der Waals surface area contributed by atoms with E-state index in [1.807, 2.05) is 23.1 Å². The van der Waals surface area contributed by atoms with Gasteiger partial charge in [-0.25, -0.2) is 4.79 Å². The van der Waals surface area contributed by atoms with E-state index in [1.165, 1.54) is 5.56 Å². The molecule has 1 atom stereocenters. The molecule has 2 heterocycles. The second kappa shape index (κ2) is 8.45. The highest BCUT2D eigenvalue weighted by Crippen LogP contribution is 2.13. The molecule has 1 saturated heterocycles. The Morgan fingerprint density at radius 3 is 2.83 bits per heavy atom. The van der Waals surface area contributed by atoms with Crippen molar-refractivity contribution in [2.24, 2.45) is 0 Å². The highest BCUT2D eigenvalue weighted by molar-refractivity contribution is 5.74. The van der Waals surface area contributed by atoms with Gasteiger partial charge in [-0.3, -0.25) is 4.98 Å². The van der Waals surface area contributed by atoms with Gasteiger partial charge in [0.05, 0.1) is 12.7 Å². The standard InChI is InChI=1S/C19H23N3O2/c23-19(21-14-17-7-4-10-20-13-17)22-11-12-24-18(15-22)9-8-16-5-2-1-3-6-16/h1-7,10,13,18H,8-9,11-12,14-15H2,(H,21,23). The summed E-state index contributed by atoms with van der Waals surface area (Å²) in [6.45, 7) is 2.38. The molecule has 1 aliphatic rings. The summed E-state index contributed by atoms with van der Waals surface area (Å²) < 4.78 is 5.81. The normalized spacial score (nSPS) is 17.5. The summed E-state index contributed by atoms with van der Waals surface area (Å²) in [5.74, 6) is 0. The maximum atomic E-state index is 12.3. The van der Waals surface area contributed by atoms with Crippen LogP contribution >= 0.6 is 0 Å². The third kappa shape index (κ3) is 4.80. The number of ether oxygens (including phenoxy) is 1. The molecule has 5 heteroatoms. The number of nitrogens with one attached hydrogen (secondary N) is 1. The van der Waals surface area contributed by atoms with Crippen LogP contribution < -0.4 is 5.32 Å². The first-order valence-corrected chi connectivity index (χ1v) is 8.38. The number of benzene rings is 1. The van der Waals surface area contributed by atoms with Gasteiger partial charge in [0.1, 0.15) is 0 Å². The zero-order chi connectivity index (χ0) is 16.6. The highest BCUT2D eigenvalue weighted by Gasteiger charge is 2.23. The van der Waals surface area contributed by atoms with Crippen LogP contribution in [0.1, 0.15) is 17.5 Å². The molecule has 2 amide bonds. The fraction of sp³-hybridized carbons (Fsp3) is 0.368. The van der Waals surface area contributed by atoms with E-state index < -0.39 is 0 Å². The van der Waals surface area contributed by atoms with Crippen molar-refractivity contribution in [2.75, 3.05) is 19.7 Å². The van der Waals surface area contributed by atoms with Crippen LogP contribution in [-0.2, 0) is 17.7 Å². The van der Waals surface area contributed by atoms with Crippen molar-refractivity contribution in [3.63, 3.8) is 0 Å². The minimum absolute atomic E-state index is 0.0353. The molecule has 0 spiro atoms. The Hall–Kier alpha value is -2.40. The Bertz CT molecular complexity index is 634. The van der Waals surface area contributed by atoms with Crippen molar-refractivity contribution >= 4 is 6.03 Å². The number of morpholine rings is 1. The van der Waals surface area contributed by atoms with Gasteiger partial charge in [-0.2, -0.15) is 0 Å². The van der Waals surface area contributed by atoms with E-state index in [9.17, 15) is 4.79 Å². The molecule has 2 aromatic rings. The molecule has 24 heavy (non-hydrogen) atoms. The summed E-state index contributed by atoms with van der Waals surface area (Å²) in [4.78, 5) is 18.2. The molecule has 5 nitrogen and oxygen atoms in total. The molecule has 1 N–H and O–H groups in total. The number of hydrogen-bond donors (Lipinski definition) is 1. The second-order valence-electron chi connectivity index (χ2n) is 5.98. The van der Waals surface area contributed by atoms with Crippen LogP contribution in [0.3, 0.4) is 0 Å². The van der Waals surface area contributed by atoms with Crippen LogP contribution in [0.2, 0.25) is 0 Å². The number of carbonyl (C=O) groups is 1. The van der Waals surface area contributed by atoms with Crippen LogP contribution in [0.25, 0.3) is 0 Å². The Labute approximate surface area is 142 Å². The molecular formula is C19H23N3O2. The maximum Gasteiger partial charge on any atom is 0.317 e. The molecular weight excluding hydrogens is 302 g/mol. The minimum atomic E-state index is -0.0353. The predicted octanol–water partition coefficient (Wildman–Crippen LogP) is 2.62. The van der Waals surface area contributed by atoms with Gasteiger partial charge in [0.15, 0.2) is 0 Å². The van der Waals surface area contributed by atoms with Gasteiger partial charge in [-0.05, 0) is 30.0 Å². The van der Waals surface area contributed by atoms with Crippen LogP contribution in [0, 0.1) is 0 Å². The molecule has 1 unspecified atom stereocenters. The molecule has 1 aromatic heterocycles. The number of urea groups is 1. The third-order valence-electron chi connectivity index (χ3n) is 4.19. The molecule has 0 radical (unpaired) electrons. The number of rotatable bonds is 5. The van der Waals surface area contributed by atoms with Crippen molar-refractivity contribution in [2.45, 2.75) is 25.5 Å². The summed E-state index contributed by atoms with van der Waals surface area (Å²) >= 11 is 0. The largest absolute Gasteiger partial charge is 0.375 e. The van der Waals surface area contributed by atoms with Gasteiger partial charge >= 0.3 is 6.03 Å². The lowest BCUT2D eigenvalue weighted by atomic mass is 10.1. The van der Waals surface area contributed by atoms with E-state index in [0.717, 1.165) is 18.4 Å². The summed E-state index contributed by atoms with van der Waals surface area (Å²) in [7, 11) is 0. The van der Waals surface area contributed by atoms with Crippen molar-refractivity contribution in [3.8, 4) is 0 Å². The topological polar surface area (TPSA) is 54.5 Å². The molecule has 1 aliphatic heterocycles. The first-order valence-electron chi connectivity index (χ1n) is 8.38. The molecule has 126 valence electrons. The Kier molecular flexibility index (Phi) is 5.80. The van der Waals surface area contributed by atoms with E-state index in [2.05, 4.69) is 34.6 Å². The van der Waals surface area contributed by atoms with E-state index in [-0.39, 0.29) is 12.1 Å². The molecule has 0 bridgehead atoms. The molecule has 0 aliphatic carbocycles. The maximum absolute atomic E-state index is 12.3. The van der Waals surface area contributed by atoms with Crippen LogP contribution in [0.5, 0.6) is 0 Å². The number of carbonyl (C=O) groups excluding carboxylic acids is 1. The zero-order valence-electron chi connectivity index (χ0n) is 13.7. The van der Waals surface area contributed by atoms with Crippen molar-refractivity contribution < 1.29 is 9.53 Å². The first-order chi connectivity index (χ1) is 11.8. The van der Waals surface area contributed by atoms with Crippen molar-refractivity contribution in [1.82, 2.24) is 15.2 Å². The lowest BCUT2D eigenvalue weighted by molar-refractivity contribution is -0.0176. The number of amides is 2. The summed E-state index contributed by atoms with van der Waals surface area (Å²) in [5.41, 5.74) is 2.30. The fourth-order valence-corrected chi connectivity index (χ4v) is 2.84. The third-order valence-corrected chi connectivity index (χ3v) is 4.19. The highest BCUT2D eigenvalue weighted by atomic mass is 16.5. The predicted molar refractivity (Wildman–Crippen MR) is 92.5 cm³/mol. The lowest BCUT2D eigenvalue weighted by Gasteiger charge is -2.33. The van der Waals surface area contributed by atoms with E-state index >= 15 is 0 Å². The van der Waals surface area contributed by atoms with Gasteiger partial charge in [0, 0.05) is 32.0 Å². The van der Waals surface area contributed by atoms with Gasteiger partial charge in [-0.15, -0.1) is 0 Å². The Morgan fingerprint density at radius 2 is 2.04 bits per heavy atom. The number of pyridine rings is 1. The Balaban J connectivity index is 1.45. The number of aromatic nitrogens is 1. The second-order valence-corrected chi connectivity index (χ2v) is 5.98. The summed E-state index contributed by atoms with van der Waals surface area (Å²) in [6, 6.07) is 14.2. The molecule has 1 fully saturated rings. The van der Waals surface area contributed by atoms with Gasteiger partial charge in [0.2, 0.25) is 0 Å². The SMILES string of the molecule is O=C(NCc1cccnc1)N1CCOC(CCc2ccccc2)C1. The summed E-state index contributed by atoms with van der Waals surface area (Å²) in [6.07, 6.45) is 5.49. The Morgan fingerprint density at radius 1 is 1.21 bits per heavy atom.